The van der Waals surface area contributed by atoms with E-state index < -0.39 is 0 Å². The van der Waals surface area contributed by atoms with Crippen LogP contribution in [0.3, 0.4) is 0 Å². The molecule has 1 N–H and O–H groups in total. The number of thiazole rings is 1. The van der Waals surface area contributed by atoms with Gasteiger partial charge in [-0.3, -0.25) is 0 Å². The fraction of sp³-hybridized carbons (Fsp3) is 0.727. The molecule has 86 valence electrons. The minimum absolute atomic E-state index is 0.565. The van der Waals surface area contributed by atoms with Crippen LogP contribution in [0.2, 0.25) is 0 Å². The fourth-order valence-electron chi connectivity index (χ4n) is 1.14. The van der Waals surface area contributed by atoms with Crippen molar-refractivity contribution in [3.05, 3.63) is 16.6 Å². The van der Waals surface area contributed by atoms with Crippen molar-refractivity contribution in [2.75, 3.05) is 11.5 Å². The zero-order valence-corrected chi connectivity index (χ0v) is 11.3. The molecule has 0 radical (unpaired) electrons. The number of nitrogens with zero attached hydrogens (tertiary/aromatic N) is 1. The van der Waals surface area contributed by atoms with E-state index >= 15 is 0 Å². The molecule has 0 bridgehead atoms. The third kappa shape index (κ3) is 6.17. The predicted octanol–water partition coefficient (Wildman–Crippen LogP) is 3.01. The summed E-state index contributed by atoms with van der Waals surface area (Å²) in [5, 5.41) is 5.58. The SMILES string of the molecule is CC(C)CSCC(C)NCc1cscn1. The largest absolute Gasteiger partial charge is 0.308 e. The summed E-state index contributed by atoms with van der Waals surface area (Å²) in [6, 6.07) is 0.565. The molecule has 0 amide bonds. The van der Waals surface area contributed by atoms with E-state index in [-0.39, 0.29) is 0 Å². The molecule has 1 heterocycles. The van der Waals surface area contributed by atoms with Gasteiger partial charge >= 0.3 is 0 Å². The minimum Gasteiger partial charge on any atom is -0.308 e. The molecule has 1 aromatic rings. The van der Waals surface area contributed by atoms with Crippen LogP contribution in [-0.4, -0.2) is 22.5 Å². The molecule has 0 aromatic carbocycles. The average Bonchev–Trinajstić information content (AvgIpc) is 2.66. The zero-order chi connectivity index (χ0) is 11.1. The van der Waals surface area contributed by atoms with E-state index in [4.69, 9.17) is 0 Å². The van der Waals surface area contributed by atoms with E-state index in [9.17, 15) is 0 Å². The van der Waals surface area contributed by atoms with Crippen LogP contribution in [0.1, 0.15) is 26.5 Å². The van der Waals surface area contributed by atoms with Crippen LogP contribution in [0, 0.1) is 5.92 Å². The lowest BCUT2D eigenvalue weighted by Crippen LogP contribution is -2.28. The van der Waals surface area contributed by atoms with Gasteiger partial charge in [0, 0.05) is 23.7 Å². The summed E-state index contributed by atoms with van der Waals surface area (Å²) in [4.78, 5) is 4.25. The first-order chi connectivity index (χ1) is 7.18. The van der Waals surface area contributed by atoms with Crippen molar-refractivity contribution in [3.8, 4) is 0 Å². The second-order valence-electron chi connectivity index (χ2n) is 4.19. The Labute approximate surface area is 101 Å². The van der Waals surface area contributed by atoms with E-state index in [2.05, 4.69) is 36.5 Å². The fourth-order valence-corrected chi connectivity index (χ4v) is 2.78. The van der Waals surface area contributed by atoms with Gasteiger partial charge in [0.1, 0.15) is 0 Å². The second kappa shape index (κ2) is 7.25. The van der Waals surface area contributed by atoms with Gasteiger partial charge in [0.2, 0.25) is 0 Å². The van der Waals surface area contributed by atoms with Crippen LogP contribution in [-0.2, 0) is 6.54 Å². The third-order valence-corrected chi connectivity index (χ3v) is 4.21. The van der Waals surface area contributed by atoms with Gasteiger partial charge in [-0.2, -0.15) is 11.8 Å². The molecule has 0 aliphatic heterocycles. The Bertz CT molecular complexity index is 247. The molecular formula is C11H20N2S2. The molecular weight excluding hydrogens is 224 g/mol. The monoisotopic (exact) mass is 244 g/mol. The van der Waals surface area contributed by atoms with Crippen molar-refractivity contribution < 1.29 is 0 Å². The summed E-state index contributed by atoms with van der Waals surface area (Å²) < 4.78 is 0. The molecule has 1 aromatic heterocycles. The van der Waals surface area contributed by atoms with E-state index in [1.807, 2.05) is 17.3 Å². The summed E-state index contributed by atoms with van der Waals surface area (Å²) in [5.74, 6) is 3.23. The van der Waals surface area contributed by atoms with Crippen molar-refractivity contribution in [2.45, 2.75) is 33.4 Å². The van der Waals surface area contributed by atoms with E-state index in [1.165, 1.54) is 11.5 Å². The molecule has 1 rings (SSSR count). The van der Waals surface area contributed by atoms with E-state index in [1.54, 1.807) is 11.3 Å². The topological polar surface area (TPSA) is 24.9 Å². The standard InChI is InChI=1S/C11H20N2S2/c1-9(2)5-14-6-10(3)12-4-11-7-15-8-13-11/h7-10,12H,4-6H2,1-3H3. The molecule has 0 saturated heterocycles. The maximum atomic E-state index is 4.25. The van der Waals surface area contributed by atoms with Crippen molar-refractivity contribution in [2.24, 2.45) is 5.92 Å². The normalized spacial score (nSPS) is 13.3. The molecule has 1 atom stereocenters. The lowest BCUT2D eigenvalue weighted by atomic mass is 10.3. The molecule has 4 heteroatoms. The molecule has 0 aliphatic carbocycles. The van der Waals surface area contributed by atoms with Crippen LogP contribution in [0.25, 0.3) is 0 Å². The summed E-state index contributed by atoms with van der Waals surface area (Å²) in [5.41, 5.74) is 3.04. The Hall–Kier alpha value is -0.0600. The first kappa shape index (κ1) is 13.0. The Balaban J connectivity index is 2.06. The van der Waals surface area contributed by atoms with Crippen LogP contribution in [0.4, 0.5) is 0 Å². The highest BCUT2D eigenvalue weighted by atomic mass is 32.2. The first-order valence-corrected chi connectivity index (χ1v) is 7.46. The number of thioether (sulfide) groups is 1. The maximum absolute atomic E-state index is 4.25. The number of hydrogen-bond acceptors (Lipinski definition) is 4. The van der Waals surface area contributed by atoms with Gasteiger partial charge in [0.25, 0.3) is 0 Å². The molecule has 1 unspecified atom stereocenters. The molecule has 0 fully saturated rings. The number of rotatable bonds is 7. The zero-order valence-electron chi connectivity index (χ0n) is 9.69. The number of aromatic nitrogens is 1. The first-order valence-electron chi connectivity index (χ1n) is 5.36. The molecule has 2 nitrogen and oxygen atoms in total. The molecule has 0 saturated carbocycles. The molecule has 0 spiro atoms. The van der Waals surface area contributed by atoms with Crippen LogP contribution in [0.5, 0.6) is 0 Å². The Morgan fingerprint density at radius 1 is 1.40 bits per heavy atom. The predicted molar refractivity (Wildman–Crippen MR) is 70.6 cm³/mol. The second-order valence-corrected chi connectivity index (χ2v) is 5.99. The maximum Gasteiger partial charge on any atom is 0.0795 e. The summed E-state index contributed by atoms with van der Waals surface area (Å²) >= 11 is 3.68. The van der Waals surface area contributed by atoms with Crippen molar-refractivity contribution in [1.82, 2.24) is 10.3 Å². The van der Waals surface area contributed by atoms with Gasteiger partial charge in [-0.15, -0.1) is 11.3 Å². The van der Waals surface area contributed by atoms with Gasteiger partial charge in [-0.25, -0.2) is 4.98 Å². The van der Waals surface area contributed by atoms with Crippen molar-refractivity contribution in [1.29, 1.82) is 0 Å². The third-order valence-electron chi connectivity index (χ3n) is 1.93. The van der Waals surface area contributed by atoms with Gasteiger partial charge in [0.15, 0.2) is 0 Å². The van der Waals surface area contributed by atoms with Crippen molar-refractivity contribution in [3.63, 3.8) is 0 Å². The lowest BCUT2D eigenvalue weighted by Gasteiger charge is -2.13. The smallest absolute Gasteiger partial charge is 0.0795 e. The highest BCUT2D eigenvalue weighted by Crippen LogP contribution is 2.09. The van der Waals surface area contributed by atoms with E-state index in [0.717, 1.165) is 18.2 Å². The lowest BCUT2D eigenvalue weighted by molar-refractivity contribution is 0.589. The van der Waals surface area contributed by atoms with Gasteiger partial charge in [0.05, 0.1) is 11.2 Å². The van der Waals surface area contributed by atoms with Gasteiger partial charge < -0.3 is 5.32 Å². The Kier molecular flexibility index (Phi) is 6.29. The number of hydrogen-bond donors (Lipinski definition) is 1. The van der Waals surface area contributed by atoms with Gasteiger partial charge in [-0.1, -0.05) is 13.8 Å². The minimum atomic E-state index is 0.565. The van der Waals surface area contributed by atoms with Crippen LogP contribution < -0.4 is 5.32 Å². The van der Waals surface area contributed by atoms with Crippen molar-refractivity contribution >= 4 is 23.1 Å². The summed E-state index contributed by atoms with van der Waals surface area (Å²) in [6.07, 6.45) is 0. The number of nitrogens with one attached hydrogen (secondary N) is 1. The highest BCUT2D eigenvalue weighted by Gasteiger charge is 2.03. The molecule has 0 aliphatic rings. The average molecular weight is 244 g/mol. The van der Waals surface area contributed by atoms with Gasteiger partial charge in [-0.05, 0) is 18.6 Å². The quantitative estimate of drug-likeness (QED) is 0.798. The molecule has 15 heavy (non-hydrogen) atoms. The Morgan fingerprint density at radius 2 is 2.20 bits per heavy atom. The highest BCUT2D eigenvalue weighted by molar-refractivity contribution is 7.99. The van der Waals surface area contributed by atoms with Crippen LogP contribution in [0.15, 0.2) is 10.9 Å². The van der Waals surface area contributed by atoms with Crippen LogP contribution >= 0.6 is 23.1 Å². The summed E-state index contributed by atoms with van der Waals surface area (Å²) in [6.45, 7) is 7.66. The van der Waals surface area contributed by atoms with E-state index in [0.29, 0.717) is 6.04 Å². The Morgan fingerprint density at radius 3 is 2.80 bits per heavy atom. The summed E-state index contributed by atoms with van der Waals surface area (Å²) in [7, 11) is 0.